The maximum Gasteiger partial charge on any atom is 0.0595 e. The van der Waals surface area contributed by atoms with E-state index in [1.165, 1.54) is 0 Å². The SMILES string of the molecule is COC1CCN(CC(C)(C)CO)CC1. The van der Waals surface area contributed by atoms with Crippen LogP contribution in [0.4, 0.5) is 0 Å². The Morgan fingerprint density at radius 3 is 2.36 bits per heavy atom. The molecule has 1 saturated heterocycles. The van der Waals surface area contributed by atoms with Gasteiger partial charge in [-0.2, -0.15) is 0 Å². The molecule has 1 aliphatic heterocycles. The van der Waals surface area contributed by atoms with Crippen molar-refractivity contribution in [2.75, 3.05) is 33.4 Å². The first-order valence-corrected chi connectivity index (χ1v) is 5.43. The Hall–Kier alpha value is -0.120. The van der Waals surface area contributed by atoms with Crippen molar-refractivity contribution in [3.63, 3.8) is 0 Å². The molecule has 0 atom stereocenters. The smallest absolute Gasteiger partial charge is 0.0595 e. The van der Waals surface area contributed by atoms with Crippen LogP contribution in [0.25, 0.3) is 0 Å². The Kier molecular flexibility index (Phi) is 4.35. The summed E-state index contributed by atoms with van der Waals surface area (Å²) < 4.78 is 5.32. The second kappa shape index (κ2) is 5.10. The molecule has 0 aromatic heterocycles. The maximum absolute atomic E-state index is 9.17. The molecule has 0 saturated carbocycles. The molecule has 1 aliphatic rings. The van der Waals surface area contributed by atoms with Crippen molar-refractivity contribution in [3.8, 4) is 0 Å². The van der Waals surface area contributed by atoms with Crippen LogP contribution in [0.3, 0.4) is 0 Å². The van der Waals surface area contributed by atoms with E-state index in [0.29, 0.717) is 6.10 Å². The van der Waals surface area contributed by atoms with Crippen LogP contribution in [0.1, 0.15) is 26.7 Å². The Morgan fingerprint density at radius 1 is 1.36 bits per heavy atom. The molecule has 0 radical (unpaired) electrons. The van der Waals surface area contributed by atoms with Crippen molar-refractivity contribution in [2.45, 2.75) is 32.8 Å². The van der Waals surface area contributed by atoms with E-state index in [0.717, 1.165) is 32.5 Å². The highest BCUT2D eigenvalue weighted by molar-refractivity contribution is 4.78. The largest absolute Gasteiger partial charge is 0.396 e. The van der Waals surface area contributed by atoms with Crippen LogP contribution >= 0.6 is 0 Å². The zero-order valence-corrected chi connectivity index (χ0v) is 9.62. The van der Waals surface area contributed by atoms with E-state index in [1.54, 1.807) is 7.11 Å². The number of hydrogen-bond acceptors (Lipinski definition) is 3. The lowest BCUT2D eigenvalue weighted by atomic mass is 9.93. The van der Waals surface area contributed by atoms with E-state index in [9.17, 15) is 5.11 Å². The Bertz CT molecular complexity index is 163. The number of methoxy groups -OCH3 is 1. The van der Waals surface area contributed by atoms with Crippen molar-refractivity contribution in [3.05, 3.63) is 0 Å². The van der Waals surface area contributed by atoms with Gasteiger partial charge in [-0.1, -0.05) is 13.8 Å². The lowest BCUT2D eigenvalue weighted by Crippen LogP contribution is -2.42. The van der Waals surface area contributed by atoms with Crippen LogP contribution in [-0.4, -0.2) is 49.5 Å². The zero-order chi connectivity index (χ0) is 10.6. The fourth-order valence-corrected chi connectivity index (χ4v) is 1.96. The minimum absolute atomic E-state index is 0.0277. The summed E-state index contributed by atoms with van der Waals surface area (Å²) in [5.41, 5.74) is 0.0277. The van der Waals surface area contributed by atoms with Gasteiger partial charge in [-0.05, 0) is 12.8 Å². The molecule has 14 heavy (non-hydrogen) atoms. The third-order valence-electron chi connectivity index (χ3n) is 2.95. The lowest BCUT2D eigenvalue weighted by molar-refractivity contribution is 0.0216. The Labute approximate surface area is 87.1 Å². The first-order chi connectivity index (χ1) is 6.57. The Balaban J connectivity index is 2.28. The van der Waals surface area contributed by atoms with E-state index < -0.39 is 0 Å². The number of ether oxygens (including phenoxy) is 1. The standard InChI is InChI=1S/C11H23NO2/c1-11(2,9-13)8-12-6-4-10(14-3)5-7-12/h10,13H,4-9H2,1-3H3. The van der Waals surface area contributed by atoms with Gasteiger partial charge in [0.2, 0.25) is 0 Å². The average Bonchev–Trinajstić information content (AvgIpc) is 2.19. The van der Waals surface area contributed by atoms with Gasteiger partial charge in [0.25, 0.3) is 0 Å². The van der Waals surface area contributed by atoms with Gasteiger partial charge in [0.05, 0.1) is 6.10 Å². The van der Waals surface area contributed by atoms with Gasteiger partial charge in [-0.3, -0.25) is 0 Å². The number of likely N-dealkylation sites (tertiary alicyclic amines) is 1. The topological polar surface area (TPSA) is 32.7 Å². The minimum atomic E-state index is 0.0277. The summed E-state index contributed by atoms with van der Waals surface area (Å²) in [4.78, 5) is 2.42. The van der Waals surface area contributed by atoms with E-state index in [2.05, 4.69) is 18.7 Å². The normalized spacial score (nSPS) is 21.4. The zero-order valence-electron chi connectivity index (χ0n) is 9.62. The van der Waals surface area contributed by atoms with Gasteiger partial charge in [-0.25, -0.2) is 0 Å². The van der Waals surface area contributed by atoms with Crippen LogP contribution in [0.2, 0.25) is 0 Å². The summed E-state index contributed by atoms with van der Waals surface area (Å²) in [5.74, 6) is 0. The van der Waals surface area contributed by atoms with Crippen LogP contribution in [0.15, 0.2) is 0 Å². The number of nitrogens with zero attached hydrogens (tertiary/aromatic N) is 1. The van der Waals surface area contributed by atoms with Crippen LogP contribution in [-0.2, 0) is 4.74 Å². The summed E-state index contributed by atoms with van der Waals surface area (Å²) in [6, 6.07) is 0. The third-order valence-corrected chi connectivity index (χ3v) is 2.95. The van der Waals surface area contributed by atoms with Crippen molar-refractivity contribution < 1.29 is 9.84 Å². The molecular formula is C11H23NO2. The molecule has 1 rings (SSSR count). The first-order valence-electron chi connectivity index (χ1n) is 5.43. The molecule has 1 heterocycles. The number of piperidine rings is 1. The number of hydrogen-bond donors (Lipinski definition) is 1. The van der Waals surface area contributed by atoms with Gasteiger partial charge in [0.15, 0.2) is 0 Å². The molecule has 3 nitrogen and oxygen atoms in total. The summed E-state index contributed by atoms with van der Waals surface area (Å²) in [6.07, 6.45) is 2.69. The number of rotatable bonds is 4. The van der Waals surface area contributed by atoms with Gasteiger partial charge in [0, 0.05) is 38.8 Å². The first kappa shape index (κ1) is 12.0. The average molecular weight is 201 g/mol. The van der Waals surface area contributed by atoms with E-state index in [-0.39, 0.29) is 12.0 Å². The highest BCUT2D eigenvalue weighted by atomic mass is 16.5. The molecule has 1 N–H and O–H groups in total. The van der Waals surface area contributed by atoms with Crippen LogP contribution in [0, 0.1) is 5.41 Å². The monoisotopic (exact) mass is 201 g/mol. The van der Waals surface area contributed by atoms with Crippen LogP contribution in [0.5, 0.6) is 0 Å². The van der Waals surface area contributed by atoms with Crippen molar-refractivity contribution in [1.29, 1.82) is 0 Å². The lowest BCUT2D eigenvalue weighted by Gasteiger charge is -2.36. The number of aliphatic hydroxyl groups excluding tert-OH is 1. The highest BCUT2D eigenvalue weighted by Gasteiger charge is 2.24. The molecule has 84 valence electrons. The predicted molar refractivity (Wildman–Crippen MR) is 57.3 cm³/mol. The quantitative estimate of drug-likeness (QED) is 0.739. The van der Waals surface area contributed by atoms with E-state index >= 15 is 0 Å². The van der Waals surface area contributed by atoms with Crippen LogP contribution < -0.4 is 0 Å². The van der Waals surface area contributed by atoms with Gasteiger partial charge >= 0.3 is 0 Å². The van der Waals surface area contributed by atoms with Gasteiger partial charge < -0.3 is 14.7 Å². The van der Waals surface area contributed by atoms with E-state index in [1.807, 2.05) is 0 Å². The molecule has 0 bridgehead atoms. The van der Waals surface area contributed by atoms with Gasteiger partial charge in [-0.15, -0.1) is 0 Å². The van der Waals surface area contributed by atoms with Crippen molar-refractivity contribution >= 4 is 0 Å². The molecule has 0 unspecified atom stereocenters. The van der Waals surface area contributed by atoms with Crippen molar-refractivity contribution in [2.24, 2.45) is 5.41 Å². The minimum Gasteiger partial charge on any atom is -0.396 e. The third kappa shape index (κ3) is 3.56. The molecule has 0 aliphatic carbocycles. The second-order valence-corrected chi connectivity index (χ2v) is 5.03. The summed E-state index contributed by atoms with van der Waals surface area (Å²) in [7, 11) is 1.79. The molecule has 0 aromatic carbocycles. The fraction of sp³-hybridized carbons (Fsp3) is 1.00. The summed E-state index contributed by atoms with van der Waals surface area (Å²) in [5, 5.41) is 9.17. The molecule has 0 aromatic rings. The Morgan fingerprint density at radius 2 is 1.93 bits per heavy atom. The predicted octanol–water partition coefficient (Wildman–Crippen LogP) is 1.12. The molecule has 0 amide bonds. The highest BCUT2D eigenvalue weighted by Crippen LogP contribution is 2.20. The molecule has 3 heteroatoms. The second-order valence-electron chi connectivity index (χ2n) is 5.03. The number of aliphatic hydroxyl groups is 1. The summed E-state index contributed by atoms with van der Waals surface area (Å²) >= 11 is 0. The van der Waals surface area contributed by atoms with Crippen molar-refractivity contribution in [1.82, 2.24) is 4.90 Å². The molecular weight excluding hydrogens is 178 g/mol. The van der Waals surface area contributed by atoms with Gasteiger partial charge in [0.1, 0.15) is 0 Å². The molecule has 1 fully saturated rings. The fourth-order valence-electron chi connectivity index (χ4n) is 1.96. The van der Waals surface area contributed by atoms with E-state index in [4.69, 9.17) is 4.74 Å². The summed E-state index contributed by atoms with van der Waals surface area (Å²) in [6.45, 7) is 7.66. The molecule has 0 spiro atoms. The maximum atomic E-state index is 9.17.